The lowest BCUT2D eigenvalue weighted by Crippen LogP contribution is -2.25. The summed E-state index contributed by atoms with van der Waals surface area (Å²) in [6.07, 6.45) is 2.37. The van der Waals surface area contributed by atoms with E-state index in [-0.39, 0.29) is 12.6 Å². The first kappa shape index (κ1) is 20.8. The van der Waals surface area contributed by atoms with E-state index in [0.29, 0.717) is 41.5 Å². The summed E-state index contributed by atoms with van der Waals surface area (Å²) in [4.78, 5) is 35.8. The molecule has 3 heterocycles. The Morgan fingerprint density at radius 1 is 1.23 bits per heavy atom. The largest absolute Gasteiger partial charge is 0.463 e. The van der Waals surface area contributed by atoms with Crippen molar-refractivity contribution >= 4 is 18.5 Å². The third kappa shape index (κ3) is 5.31. The summed E-state index contributed by atoms with van der Waals surface area (Å²) in [5.74, 6) is 0.548. The summed E-state index contributed by atoms with van der Waals surface area (Å²) in [6, 6.07) is 9.66. The summed E-state index contributed by atoms with van der Waals surface area (Å²) < 4.78 is 10.5. The molecule has 0 bridgehead atoms. The maximum absolute atomic E-state index is 11.6. The van der Waals surface area contributed by atoms with Crippen LogP contribution in [0.1, 0.15) is 36.5 Å². The number of nitrogens with one attached hydrogen (secondary N) is 2. The Bertz CT molecular complexity index is 993. The second-order valence-corrected chi connectivity index (χ2v) is 6.29. The lowest BCUT2D eigenvalue weighted by molar-refractivity contribution is -0.110. The summed E-state index contributed by atoms with van der Waals surface area (Å²) in [6.45, 7) is 2.47. The average molecular weight is 410 g/mol. The number of ether oxygens (including phenoxy) is 1. The van der Waals surface area contributed by atoms with Crippen molar-refractivity contribution in [2.45, 2.75) is 26.0 Å². The van der Waals surface area contributed by atoms with Gasteiger partial charge in [0.2, 0.25) is 12.4 Å². The van der Waals surface area contributed by atoms with E-state index >= 15 is 0 Å². The van der Waals surface area contributed by atoms with E-state index in [2.05, 4.69) is 25.6 Å². The van der Waals surface area contributed by atoms with E-state index in [1.807, 2.05) is 6.92 Å². The number of aromatic nitrogens is 3. The van der Waals surface area contributed by atoms with E-state index in [4.69, 9.17) is 14.9 Å². The zero-order chi connectivity index (χ0) is 21.3. The summed E-state index contributed by atoms with van der Waals surface area (Å²) >= 11 is 0. The van der Waals surface area contributed by atoms with Gasteiger partial charge >= 0.3 is 6.09 Å². The Labute approximate surface area is 172 Å². The molecule has 0 radical (unpaired) electrons. The van der Waals surface area contributed by atoms with Gasteiger partial charge in [-0.2, -0.15) is 0 Å². The molecule has 3 aromatic heterocycles. The quantitative estimate of drug-likeness (QED) is 0.455. The Morgan fingerprint density at radius 2 is 2.10 bits per heavy atom. The minimum absolute atomic E-state index is 0.0131. The van der Waals surface area contributed by atoms with Crippen molar-refractivity contribution in [3.8, 4) is 11.5 Å². The van der Waals surface area contributed by atoms with Gasteiger partial charge in [0, 0.05) is 6.54 Å². The molecule has 156 valence electrons. The van der Waals surface area contributed by atoms with E-state index in [1.54, 1.807) is 36.4 Å². The number of furan rings is 1. The van der Waals surface area contributed by atoms with Gasteiger partial charge in [0.05, 0.1) is 23.3 Å². The highest BCUT2D eigenvalue weighted by Crippen LogP contribution is 2.25. The van der Waals surface area contributed by atoms with Crippen molar-refractivity contribution in [1.82, 2.24) is 25.6 Å². The molecule has 2 amide bonds. The zero-order valence-corrected chi connectivity index (χ0v) is 16.4. The van der Waals surface area contributed by atoms with Gasteiger partial charge in [-0.15, -0.1) is 0 Å². The van der Waals surface area contributed by atoms with Crippen molar-refractivity contribution in [2.75, 3.05) is 12.3 Å². The predicted molar refractivity (Wildman–Crippen MR) is 108 cm³/mol. The molecule has 0 spiro atoms. The molecule has 0 saturated carbocycles. The van der Waals surface area contributed by atoms with Gasteiger partial charge in [-0.3, -0.25) is 9.78 Å². The van der Waals surface area contributed by atoms with Crippen LogP contribution in [0.2, 0.25) is 0 Å². The molecule has 0 aliphatic heterocycles. The number of rotatable bonds is 9. The Hall–Kier alpha value is -3.95. The van der Waals surface area contributed by atoms with Crippen LogP contribution in [0.5, 0.6) is 0 Å². The number of nitrogens with zero attached hydrogens (tertiary/aromatic N) is 3. The number of nitrogens with two attached hydrogens (primary N) is 1. The number of amides is 2. The molecule has 1 unspecified atom stereocenters. The van der Waals surface area contributed by atoms with Crippen LogP contribution >= 0.6 is 0 Å². The Kier molecular flexibility index (Phi) is 6.93. The third-order valence-corrected chi connectivity index (χ3v) is 4.06. The second kappa shape index (κ2) is 10.0. The standard InChI is InChI=1S/C20H22N6O4/c1-2-8-22-20(28)30-11-13-5-3-6-14(24-13)18(23-12-27)16-10-15(25-19(21)26-16)17-7-4-9-29-17/h3-7,9-10,12,18H,2,8,11H2,1H3,(H,22,28)(H,23,27)(H2,21,25,26). The molecule has 30 heavy (non-hydrogen) atoms. The van der Waals surface area contributed by atoms with E-state index in [0.717, 1.165) is 6.42 Å². The second-order valence-electron chi connectivity index (χ2n) is 6.29. The number of hydrogen-bond acceptors (Lipinski definition) is 8. The van der Waals surface area contributed by atoms with Crippen LogP contribution in [-0.4, -0.2) is 34.0 Å². The van der Waals surface area contributed by atoms with E-state index in [1.165, 1.54) is 6.26 Å². The lowest BCUT2D eigenvalue weighted by Gasteiger charge is -2.17. The normalized spacial score (nSPS) is 11.5. The molecule has 10 nitrogen and oxygen atoms in total. The summed E-state index contributed by atoms with van der Waals surface area (Å²) in [5, 5.41) is 5.32. The van der Waals surface area contributed by atoms with Gasteiger partial charge < -0.3 is 25.5 Å². The fourth-order valence-corrected chi connectivity index (χ4v) is 2.73. The summed E-state index contributed by atoms with van der Waals surface area (Å²) in [7, 11) is 0. The average Bonchev–Trinajstić information content (AvgIpc) is 3.29. The fraction of sp³-hybridized carbons (Fsp3) is 0.250. The molecule has 0 aromatic carbocycles. The minimum Gasteiger partial charge on any atom is -0.463 e. The first-order valence-electron chi connectivity index (χ1n) is 9.35. The fourth-order valence-electron chi connectivity index (χ4n) is 2.73. The molecule has 4 N–H and O–H groups in total. The number of carbonyl (C=O) groups is 2. The van der Waals surface area contributed by atoms with Crippen LogP contribution in [0.25, 0.3) is 11.5 Å². The summed E-state index contributed by atoms with van der Waals surface area (Å²) in [5.41, 5.74) is 7.80. The van der Waals surface area contributed by atoms with Crippen LogP contribution in [0.4, 0.5) is 10.7 Å². The van der Waals surface area contributed by atoms with Gasteiger partial charge in [-0.1, -0.05) is 13.0 Å². The zero-order valence-electron chi connectivity index (χ0n) is 16.4. The maximum Gasteiger partial charge on any atom is 0.407 e. The monoisotopic (exact) mass is 410 g/mol. The van der Waals surface area contributed by atoms with Crippen LogP contribution < -0.4 is 16.4 Å². The number of carbonyl (C=O) groups excluding carboxylic acids is 2. The molecule has 3 aromatic rings. The van der Waals surface area contributed by atoms with Gasteiger partial charge in [0.15, 0.2) is 5.76 Å². The molecule has 0 aliphatic rings. The Morgan fingerprint density at radius 3 is 2.83 bits per heavy atom. The SMILES string of the molecule is CCCNC(=O)OCc1cccc(C(NC=O)c2cc(-c3ccco3)nc(N)n2)n1. The van der Waals surface area contributed by atoms with Crippen molar-refractivity contribution in [3.63, 3.8) is 0 Å². The number of alkyl carbamates (subject to hydrolysis) is 1. The molecule has 3 rings (SSSR count). The van der Waals surface area contributed by atoms with Gasteiger partial charge in [-0.05, 0) is 36.8 Å². The highest BCUT2D eigenvalue weighted by atomic mass is 16.5. The van der Waals surface area contributed by atoms with Gasteiger partial charge in [0.1, 0.15) is 18.3 Å². The first-order valence-corrected chi connectivity index (χ1v) is 9.35. The van der Waals surface area contributed by atoms with Crippen LogP contribution in [0, 0.1) is 0 Å². The van der Waals surface area contributed by atoms with Crippen molar-refractivity contribution < 1.29 is 18.7 Å². The van der Waals surface area contributed by atoms with Gasteiger partial charge in [0.25, 0.3) is 0 Å². The number of nitrogen functional groups attached to an aromatic ring is 1. The highest BCUT2D eigenvalue weighted by Gasteiger charge is 2.20. The third-order valence-electron chi connectivity index (χ3n) is 4.06. The van der Waals surface area contributed by atoms with E-state index in [9.17, 15) is 9.59 Å². The van der Waals surface area contributed by atoms with Crippen molar-refractivity contribution in [3.05, 3.63) is 59.7 Å². The molecule has 10 heteroatoms. The molecular weight excluding hydrogens is 388 g/mol. The first-order chi connectivity index (χ1) is 14.6. The maximum atomic E-state index is 11.6. The lowest BCUT2D eigenvalue weighted by atomic mass is 10.1. The molecular formula is C20H22N6O4. The number of pyridine rings is 1. The van der Waals surface area contributed by atoms with Crippen molar-refractivity contribution in [2.24, 2.45) is 0 Å². The topological polar surface area (TPSA) is 145 Å². The molecule has 0 aliphatic carbocycles. The van der Waals surface area contributed by atoms with Crippen LogP contribution in [0.3, 0.4) is 0 Å². The van der Waals surface area contributed by atoms with Crippen molar-refractivity contribution in [1.29, 1.82) is 0 Å². The number of hydrogen-bond donors (Lipinski definition) is 3. The highest BCUT2D eigenvalue weighted by molar-refractivity contribution is 5.67. The molecule has 0 fully saturated rings. The predicted octanol–water partition coefficient (Wildman–Crippen LogP) is 2.19. The smallest absolute Gasteiger partial charge is 0.407 e. The van der Waals surface area contributed by atoms with Gasteiger partial charge in [-0.25, -0.2) is 14.8 Å². The molecule has 1 atom stereocenters. The minimum atomic E-state index is -0.685. The Balaban J connectivity index is 1.85. The molecule has 0 saturated heterocycles. The van der Waals surface area contributed by atoms with E-state index < -0.39 is 12.1 Å². The van der Waals surface area contributed by atoms with Crippen LogP contribution in [0.15, 0.2) is 47.1 Å². The van der Waals surface area contributed by atoms with Crippen LogP contribution in [-0.2, 0) is 16.1 Å². The number of anilines is 1.